The van der Waals surface area contributed by atoms with Gasteiger partial charge in [-0.15, -0.1) is 0 Å². The third-order valence-corrected chi connectivity index (χ3v) is 4.22. The average Bonchev–Trinajstić information content (AvgIpc) is 2.73. The molecule has 1 N–H and O–H groups in total. The monoisotopic (exact) mass is 296 g/mol. The van der Waals surface area contributed by atoms with Gasteiger partial charge in [0.15, 0.2) is 0 Å². The lowest BCUT2D eigenvalue weighted by molar-refractivity contribution is 0.185. The summed E-state index contributed by atoms with van der Waals surface area (Å²) in [6, 6.07) is 6.99. The first-order valence-electron chi connectivity index (χ1n) is 6.17. The SMILES string of the molecule is CCN1c2ccc(Br)cc2NCC2COCC21. The van der Waals surface area contributed by atoms with E-state index in [1.54, 1.807) is 0 Å². The number of fused-ring (bicyclic) bond motifs is 2. The Morgan fingerprint density at radius 2 is 2.35 bits per heavy atom. The number of hydrogen-bond acceptors (Lipinski definition) is 3. The van der Waals surface area contributed by atoms with Gasteiger partial charge in [0.05, 0.1) is 30.6 Å². The highest BCUT2D eigenvalue weighted by Gasteiger charge is 2.35. The lowest BCUT2D eigenvalue weighted by Gasteiger charge is -2.30. The standard InChI is InChI=1S/C13H17BrN2O/c1-2-16-12-4-3-10(14)5-11(12)15-6-9-7-17-8-13(9)16/h3-5,9,13,15H,2,6-8H2,1H3. The summed E-state index contributed by atoms with van der Waals surface area (Å²) in [5.74, 6) is 0.598. The van der Waals surface area contributed by atoms with Crippen molar-refractivity contribution in [2.45, 2.75) is 13.0 Å². The Kier molecular flexibility index (Phi) is 3.01. The van der Waals surface area contributed by atoms with Gasteiger partial charge in [0.2, 0.25) is 0 Å². The summed E-state index contributed by atoms with van der Waals surface area (Å²) in [7, 11) is 0. The minimum Gasteiger partial charge on any atom is -0.383 e. The Bertz CT molecular complexity index is 424. The fraction of sp³-hybridized carbons (Fsp3) is 0.538. The number of hydrogen-bond donors (Lipinski definition) is 1. The zero-order valence-electron chi connectivity index (χ0n) is 9.95. The van der Waals surface area contributed by atoms with Gasteiger partial charge in [-0.25, -0.2) is 0 Å². The highest BCUT2D eigenvalue weighted by atomic mass is 79.9. The predicted molar refractivity (Wildman–Crippen MR) is 73.7 cm³/mol. The third-order valence-electron chi connectivity index (χ3n) is 3.73. The topological polar surface area (TPSA) is 24.5 Å². The number of benzene rings is 1. The van der Waals surface area contributed by atoms with E-state index in [-0.39, 0.29) is 0 Å². The van der Waals surface area contributed by atoms with Crippen molar-refractivity contribution in [2.75, 3.05) is 36.5 Å². The summed E-state index contributed by atoms with van der Waals surface area (Å²) in [5, 5.41) is 3.55. The molecular weight excluding hydrogens is 280 g/mol. The summed E-state index contributed by atoms with van der Waals surface area (Å²) < 4.78 is 6.75. The maximum atomic E-state index is 5.63. The van der Waals surface area contributed by atoms with Gasteiger partial charge in [-0.3, -0.25) is 0 Å². The van der Waals surface area contributed by atoms with E-state index >= 15 is 0 Å². The van der Waals surface area contributed by atoms with E-state index in [4.69, 9.17) is 4.74 Å². The molecule has 0 saturated carbocycles. The van der Waals surface area contributed by atoms with Crippen molar-refractivity contribution in [2.24, 2.45) is 5.92 Å². The Hall–Kier alpha value is -0.740. The summed E-state index contributed by atoms with van der Waals surface area (Å²) in [4.78, 5) is 2.47. The molecule has 92 valence electrons. The Morgan fingerprint density at radius 1 is 1.47 bits per heavy atom. The van der Waals surface area contributed by atoms with Gasteiger partial charge >= 0.3 is 0 Å². The van der Waals surface area contributed by atoms with Crippen LogP contribution in [-0.2, 0) is 4.74 Å². The number of nitrogens with one attached hydrogen (secondary N) is 1. The van der Waals surface area contributed by atoms with E-state index in [0.717, 1.165) is 30.8 Å². The van der Waals surface area contributed by atoms with Gasteiger partial charge in [-0.1, -0.05) is 15.9 Å². The van der Waals surface area contributed by atoms with Crippen LogP contribution >= 0.6 is 15.9 Å². The Balaban J connectivity index is 2.02. The molecule has 0 aliphatic carbocycles. The smallest absolute Gasteiger partial charge is 0.0674 e. The quantitative estimate of drug-likeness (QED) is 0.862. The van der Waals surface area contributed by atoms with Crippen LogP contribution in [0.3, 0.4) is 0 Å². The zero-order chi connectivity index (χ0) is 11.8. The molecule has 0 bridgehead atoms. The number of likely N-dealkylation sites (N-methyl/N-ethyl adjacent to an activating group) is 1. The van der Waals surface area contributed by atoms with Gasteiger partial charge < -0.3 is 15.0 Å². The van der Waals surface area contributed by atoms with E-state index in [0.29, 0.717) is 12.0 Å². The summed E-state index contributed by atoms with van der Waals surface area (Å²) in [6.07, 6.45) is 0. The third kappa shape index (κ3) is 1.93. The number of ether oxygens (including phenoxy) is 1. The van der Waals surface area contributed by atoms with Gasteiger partial charge in [0, 0.05) is 23.5 Å². The molecule has 3 rings (SSSR count). The molecule has 1 saturated heterocycles. The van der Waals surface area contributed by atoms with Crippen molar-refractivity contribution in [1.29, 1.82) is 0 Å². The number of anilines is 2. The molecule has 0 amide bonds. The molecule has 2 aliphatic heterocycles. The molecule has 2 unspecified atom stereocenters. The maximum Gasteiger partial charge on any atom is 0.0674 e. The lowest BCUT2D eigenvalue weighted by Crippen LogP contribution is -2.40. The summed E-state index contributed by atoms with van der Waals surface area (Å²) in [5.41, 5.74) is 2.53. The zero-order valence-corrected chi connectivity index (χ0v) is 11.5. The molecule has 3 nitrogen and oxygen atoms in total. The van der Waals surface area contributed by atoms with Crippen molar-refractivity contribution in [1.82, 2.24) is 0 Å². The molecule has 2 atom stereocenters. The van der Waals surface area contributed by atoms with Crippen LogP contribution in [0.5, 0.6) is 0 Å². The van der Waals surface area contributed by atoms with Crippen LogP contribution < -0.4 is 10.2 Å². The van der Waals surface area contributed by atoms with Crippen molar-refractivity contribution in [3.05, 3.63) is 22.7 Å². The lowest BCUT2D eigenvalue weighted by atomic mass is 10.0. The van der Waals surface area contributed by atoms with Crippen molar-refractivity contribution < 1.29 is 4.74 Å². The minimum atomic E-state index is 0.523. The van der Waals surface area contributed by atoms with E-state index in [2.05, 4.69) is 51.3 Å². The molecule has 1 aromatic rings. The molecule has 2 aliphatic rings. The van der Waals surface area contributed by atoms with Gasteiger partial charge in [-0.2, -0.15) is 0 Å². The predicted octanol–water partition coefficient (Wildman–Crippen LogP) is 2.72. The second-order valence-electron chi connectivity index (χ2n) is 4.69. The van der Waals surface area contributed by atoms with Gasteiger partial charge in [-0.05, 0) is 25.1 Å². The van der Waals surface area contributed by atoms with E-state index in [1.807, 2.05) is 0 Å². The molecule has 1 aromatic carbocycles. The van der Waals surface area contributed by atoms with Crippen LogP contribution in [0.4, 0.5) is 11.4 Å². The minimum absolute atomic E-state index is 0.523. The maximum absolute atomic E-state index is 5.63. The van der Waals surface area contributed by atoms with E-state index < -0.39 is 0 Å². The molecule has 0 radical (unpaired) electrons. The van der Waals surface area contributed by atoms with Crippen LogP contribution in [0.2, 0.25) is 0 Å². The Morgan fingerprint density at radius 3 is 3.18 bits per heavy atom. The first-order valence-corrected chi connectivity index (χ1v) is 6.96. The molecular formula is C13H17BrN2O. The fourth-order valence-electron chi connectivity index (χ4n) is 2.85. The molecule has 0 spiro atoms. The van der Waals surface area contributed by atoms with Crippen LogP contribution in [-0.4, -0.2) is 32.3 Å². The average molecular weight is 297 g/mol. The van der Waals surface area contributed by atoms with Crippen molar-refractivity contribution >= 4 is 27.3 Å². The molecule has 4 heteroatoms. The fourth-order valence-corrected chi connectivity index (χ4v) is 3.21. The molecule has 2 heterocycles. The molecule has 0 aromatic heterocycles. The molecule has 1 fully saturated rings. The van der Waals surface area contributed by atoms with E-state index in [9.17, 15) is 0 Å². The van der Waals surface area contributed by atoms with Gasteiger partial charge in [0.1, 0.15) is 0 Å². The first-order chi connectivity index (χ1) is 8.29. The second kappa shape index (κ2) is 4.50. The summed E-state index contributed by atoms with van der Waals surface area (Å²) >= 11 is 3.54. The first kappa shape index (κ1) is 11.4. The number of halogens is 1. The van der Waals surface area contributed by atoms with Crippen LogP contribution in [0.15, 0.2) is 22.7 Å². The van der Waals surface area contributed by atoms with Crippen LogP contribution in [0, 0.1) is 5.92 Å². The van der Waals surface area contributed by atoms with E-state index in [1.165, 1.54) is 11.4 Å². The highest BCUT2D eigenvalue weighted by molar-refractivity contribution is 9.10. The van der Waals surface area contributed by atoms with Crippen LogP contribution in [0.1, 0.15) is 6.92 Å². The number of rotatable bonds is 1. The molecule has 17 heavy (non-hydrogen) atoms. The number of nitrogens with zero attached hydrogens (tertiary/aromatic N) is 1. The Labute approximate surface area is 110 Å². The largest absolute Gasteiger partial charge is 0.383 e. The van der Waals surface area contributed by atoms with Crippen molar-refractivity contribution in [3.8, 4) is 0 Å². The second-order valence-corrected chi connectivity index (χ2v) is 5.61. The van der Waals surface area contributed by atoms with Crippen molar-refractivity contribution in [3.63, 3.8) is 0 Å². The normalized spacial score (nSPS) is 27.1. The highest BCUT2D eigenvalue weighted by Crippen LogP contribution is 2.36. The van der Waals surface area contributed by atoms with Gasteiger partial charge in [0.25, 0.3) is 0 Å². The summed E-state index contributed by atoms with van der Waals surface area (Å²) in [6.45, 7) is 5.98. The van der Waals surface area contributed by atoms with Crippen LogP contribution in [0.25, 0.3) is 0 Å².